The highest BCUT2D eigenvalue weighted by Gasteiger charge is 2.37. The lowest BCUT2D eigenvalue weighted by atomic mass is 10.00. The highest BCUT2D eigenvalue weighted by molar-refractivity contribution is 7.98. The van der Waals surface area contributed by atoms with E-state index in [4.69, 9.17) is 9.47 Å². The first kappa shape index (κ1) is 25.9. The summed E-state index contributed by atoms with van der Waals surface area (Å²) in [6.07, 6.45) is 5.08. The maximum atomic E-state index is 14.4. The molecule has 36 heavy (non-hydrogen) atoms. The fraction of sp³-hybridized carbons (Fsp3) is 0.400. The number of fused-ring (bicyclic) bond motifs is 1. The number of halogens is 1. The summed E-state index contributed by atoms with van der Waals surface area (Å²) in [5.41, 5.74) is 0.897. The molecule has 1 atom stereocenters. The highest BCUT2D eigenvalue weighted by atomic mass is 32.2. The fourth-order valence-electron chi connectivity index (χ4n) is 4.09. The van der Waals surface area contributed by atoms with Crippen LogP contribution in [0.15, 0.2) is 41.5 Å². The second-order valence-corrected chi connectivity index (χ2v) is 9.63. The van der Waals surface area contributed by atoms with Gasteiger partial charge in [0.15, 0.2) is 11.6 Å². The molecule has 2 aromatic carbocycles. The minimum atomic E-state index is -0.675. The first-order chi connectivity index (χ1) is 17.4. The van der Waals surface area contributed by atoms with Gasteiger partial charge in [-0.2, -0.15) is 5.26 Å². The average Bonchev–Trinajstić information content (AvgIpc) is 3.57. The van der Waals surface area contributed by atoms with E-state index < -0.39 is 5.82 Å². The second-order valence-electron chi connectivity index (χ2n) is 8.62. The van der Waals surface area contributed by atoms with Crippen LogP contribution in [0.5, 0.6) is 11.5 Å². The molecule has 1 spiro atoms. The Kier molecular flexibility index (Phi) is 8.43. The van der Waals surface area contributed by atoms with Gasteiger partial charge in [0.25, 0.3) is 5.56 Å². The summed E-state index contributed by atoms with van der Waals surface area (Å²) in [6.45, 7) is 5.99. The van der Waals surface area contributed by atoms with Gasteiger partial charge < -0.3 is 24.5 Å². The zero-order valence-corrected chi connectivity index (χ0v) is 21.1. The van der Waals surface area contributed by atoms with Gasteiger partial charge in [0.1, 0.15) is 17.4 Å². The standard InChI is InChI=1S/C18H16FN5O2S.C7H13NO/c1-3-24(2)27-23-16-7-5-14(19)17(13(16)9-20)26-11-4-6-15-12(8-11)18(25)22-10-21-15;1-2-7(9-5-1)3-4-8-6-7/h4-8,10,23H,3H2,1-2H3,(H,21,22,25);8H,1-6H2. The molecule has 2 saturated heterocycles. The van der Waals surface area contributed by atoms with Crippen molar-refractivity contribution < 1.29 is 13.9 Å². The summed E-state index contributed by atoms with van der Waals surface area (Å²) < 4.78 is 30.6. The van der Waals surface area contributed by atoms with Crippen LogP contribution in [0.1, 0.15) is 31.7 Å². The van der Waals surface area contributed by atoms with Gasteiger partial charge in [-0.3, -0.25) is 4.79 Å². The Balaban J connectivity index is 0.000000280. The molecule has 5 rings (SSSR count). The van der Waals surface area contributed by atoms with E-state index in [0.29, 0.717) is 16.6 Å². The maximum absolute atomic E-state index is 14.4. The number of benzene rings is 2. The number of nitrogens with one attached hydrogen (secondary N) is 3. The summed E-state index contributed by atoms with van der Waals surface area (Å²) in [7, 11) is 1.88. The maximum Gasteiger partial charge on any atom is 0.258 e. The lowest BCUT2D eigenvalue weighted by molar-refractivity contribution is 0.0217. The molecule has 9 nitrogen and oxygen atoms in total. The van der Waals surface area contributed by atoms with Crippen LogP contribution < -0.4 is 20.3 Å². The van der Waals surface area contributed by atoms with Crippen LogP contribution in [0.25, 0.3) is 10.9 Å². The van der Waals surface area contributed by atoms with E-state index in [9.17, 15) is 14.4 Å². The quantitative estimate of drug-likeness (QED) is 0.418. The van der Waals surface area contributed by atoms with Crippen molar-refractivity contribution in [2.24, 2.45) is 0 Å². The minimum absolute atomic E-state index is 0.0344. The van der Waals surface area contributed by atoms with Crippen molar-refractivity contribution in [1.29, 1.82) is 5.26 Å². The monoisotopic (exact) mass is 512 g/mol. The third kappa shape index (κ3) is 5.96. The Morgan fingerprint density at radius 2 is 2.22 bits per heavy atom. The Hall–Kier alpha value is -3.17. The topological polar surface area (TPSA) is 115 Å². The van der Waals surface area contributed by atoms with E-state index in [1.807, 2.05) is 24.3 Å². The molecule has 0 saturated carbocycles. The second kappa shape index (κ2) is 11.7. The molecule has 3 N–H and O–H groups in total. The molecule has 1 unspecified atom stereocenters. The highest BCUT2D eigenvalue weighted by Crippen LogP contribution is 2.35. The number of aromatic amines is 1. The Bertz CT molecular complexity index is 1280. The van der Waals surface area contributed by atoms with Crippen molar-refractivity contribution in [2.45, 2.75) is 31.8 Å². The van der Waals surface area contributed by atoms with Gasteiger partial charge in [-0.1, -0.05) is 6.92 Å². The third-order valence-electron chi connectivity index (χ3n) is 6.20. The van der Waals surface area contributed by atoms with Gasteiger partial charge in [-0.05, 0) is 63.2 Å². The largest absolute Gasteiger partial charge is 0.453 e. The van der Waals surface area contributed by atoms with Crippen molar-refractivity contribution in [1.82, 2.24) is 19.6 Å². The Labute approximate surface area is 213 Å². The van der Waals surface area contributed by atoms with E-state index in [1.54, 1.807) is 12.1 Å². The number of nitrogens with zero attached hydrogens (tertiary/aromatic N) is 3. The smallest absolute Gasteiger partial charge is 0.258 e. The number of aromatic nitrogens is 2. The molecule has 0 amide bonds. The third-order valence-corrected chi connectivity index (χ3v) is 7.08. The first-order valence-electron chi connectivity index (χ1n) is 11.8. The summed E-state index contributed by atoms with van der Waals surface area (Å²) in [5, 5.41) is 13.2. The van der Waals surface area contributed by atoms with Gasteiger partial charge >= 0.3 is 0 Å². The molecule has 0 bridgehead atoms. The number of rotatable bonds is 6. The SMILES string of the molecule is C1COC2(C1)CCNC2.CCN(C)SNc1ccc(F)c(Oc2ccc3nc[nH]c(=O)c3c2)c1C#N. The normalized spacial score (nSPS) is 18.8. The number of ether oxygens (including phenoxy) is 2. The zero-order valence-electron chi connectivity index (χ0n) is 20.3. The molecule has 190 valence electrons. The van der Waals surface area contributed by atoms with E-state index >= 15 is 0 Å². The summed E-state index contributed by atoms with van der Waals surface area (Å²) in [6, 6.07) is 9.30. The van der Waals surface area contributed by atoms with Crippen molar-refractivity contribution in [3.63, 3.8) is 0 Å². The van der Waals surface area contributed by atoms with E-state index in [-0.39, 0.29) is 28.2 Å². The van der Waals surface area contributed by atoms with Crippen LogP contribution in [0.4, 0.5) is 10.1 Å². The summed E-state index contributed by atoms with van der Waals surface area (Å²) in [4.78, 5) is 18.4. The minimum Gasteiger partial charge on any atom is -0.453 e. The molecule has 2 fully saturated rings. The van der Waals surface area contributed by atoms with Gasteiger partial charge in [0.2, 0.25) is 0 Å². The van der Waals surface area contributed by atoms with Crippen molar-refractivity contribution in [3.05, 3.63) is 58.4 Å². The predicted molar refractivity (Wildman–Crippen MR) is 138 cm³/mol. The predicted octanol–water partition coefficient (Wildman–Crippen LogP) is 4.18. The molecule has 2 aliphatic heterocycles. The Morgan fingerprint density at radius 1 is 1.36 bits per heavy atom. The average molecular weight is 513 g/mol. The number of anilines is 1. The van der Waals surface area contributed by atoms with Crippen LogP contribution in [0.2, 0.25) is 0 Å². The van der Waals surface area contributed by atoms with E-state index in [1.165, 1.54) is 55.9 Å². The fourth-order valence-corrected chi connectivity index (χ4v) is 4.64. The molecule has 2 aliphatic rings. The van der Waals surface area contributed by atoms with Crippen molar-refractivity contribution in [3.8, 4) is 17.6 Å². The molecule has 1 aromatic heterocycles. The summed E-state index contributed by atoms with van der Waals surface area (Å²) in [5.74, 6) is -0.653. The van der Waals surface area contributed by atoms with Gasteiger partial charge in [-0.15, -0.1) is 0 Å². The molecule has 0 aliphatic carbocycles. The van der Waals surface area contributed by atoms with Crippen LogP contribution in [0.3, 0.4) is 0 Å². The Morgan fingerprint density at radius 3 is 2.92 bits per heavy atom. The van der Waals surface area contributed by atoms with Crippen LogP contribution in [0, 0.1) is 17.1 Å². The van der Waals surface area contributed by atoms with Crippen LogP contribution in [-0.4, -0.2) is 53.2 Å². The van der Waals surface area contributed by atoms with Gasteiger partial charge in [0.05, 0.1) is 28.5 Å². The number of H-pyrrole nitrogens is 1. The number of hydrogen-bond acceptors (Lipinski definition) is 9. The molecule has 0 radical (unpaired) electrons. The molecule has 3 heterocycles. The van der Waals surface area contributed by atoms with Gasteiger partial charge in [-0.25, -0.2) is 13.7 Å². The van der Waals surface area contributed by atoms with Crippen molar-refractivity contribution >= 4 is 28.7 Å². The van der Waals surface area contributed by atoms with Crippen molar-refractivity contribution in [2.75, 3.05) is 38.0 Å². The van der Waals surface area contributed by atoms with E-state index in [0.717, 1.165) is 26.2 Å². The lowest BCUT2D eigenvalue weighted by Crippen LogP contribution is -2.29. The van der Waals surface area contributed by atoms with Gasteiger partial charge in [0, 0.05) is 31.8 Å². The number of hydrogen-bond donors (Lipinski definition) is 3. The van der Waals surface area contributed by atoms with E-state index in [2.05, 4.69) is 20.0 Å². The molecular formula is C25H29FN6O3S. The zero-order chi connectivity index (χ0) is 25.5. The molecular weight excluding hydrogens is 483 g/mol. The summed E-state index contributed by atoms with van der Waals surface area (Å²) >= 11 is 1.28. The molecule has 3 aromatic rings. The first-order valence-corrected chi connectivity index (χ1v) is 12.6. The molecule has 11 heteroatoms. The lowest BCUT2D eigenvalue weighted by Gasteiger charge is -2.19. The van der Waals surface area contributed by atoms with Crippen LogP contribution >= 0.6 is 12.1 Å². The van der Waals surface area contributed by atoms with Crippen LogP contribution in [-0.2, 0) is 4.74 Å². The number of nitriles is 1.